The molecule has 1 aromatic heterocycles. The molecule has 0 saturated heterocycles. The SMILES string of the molecule is CC[C@H](NCCc1cc2ccccc2[nH]1)C(=O)OC. The van der Waals surface area contributed by atoms with Gasteiger partial charge < -0.3 is 15.0 Å². The molecule has 2 rings (SSSR count). The Labute approximate surface area is 113 Å². The number of ether oxygens (including phenoxy) is 1. The van der Waals surface area contributed by atoms with Crippen LogP contribution in [-0.2, 0) is 16.0 Å². The van der Waals surface area contributed by atoms with Crippen molar-refractivity contribution >= 4 is 16.9 Å². The molecule has 0 bridgehead atoms. The summed E-state index contributed by atoms with van der Waals surface area (Å²) < 4.78 is 4.74. The van der Waals surface area contributed by atoms with Gasteiger partial charge in [-0.1, -0.05) is 25.1 Å². The number of rotatable bonds is 6. The largest absolute Gasteiger partial charge is 0.468 e. The molecule has 19 heavy (non-hydrogen) atoms. The molecule has 4 heteroatoms. The highest BCUT2D eigenvalue weighted by molar-refractivity contribution is 5.80. The molecule has 0 aliphatic heterocycles. The van der Waals surface area contributed by atoms with E-state index in [1.807, 2.05) is 19.1 Å². The van der Waals surface area contributed by atoms with Gasteiger partial charge in [-0.05, 0) is 30.4 Å². The summed E-state index contributed by atoms with van der Waals surface area (Å²) in [5.74, 6) is -0.195. The summed E-state index contributed by atoms with van der Waals surface area (Å²) in [4.78, 5) is 14.8. The summed E-state index contributed by atoms with van der Waals surface area (Å²) in [5.41, 5.74) is 2.32. The van der Waals surface area contributed by atoms with E-state index in [1.165, 1.54) is 18.2 Å². The number of fused-ring (bicyclic) bond motifs is 1. The Kier molecular flexibility index (Phi) is 4.58. The lowest BCUT2D eigenvalue weighted by molar-refractivity contribution is -0.143. The number of aromatic nitrogens is 1. The lowest BCUT2D eigenvalue weighted by Gasteiger charge is -2.13. The minimum absolute atomic E-state index is 0.195. The quantitative estimate of drug-likeness (QED) is 0.783. The van der Waals surface area contributed by atoms with E-state index in [2.05, 4.69) is 28.5 Å². The van der Waals surface area contributed by atoms with Crippen LogP contribution in [0.5, 0.6) is 0 Å². The monoisotopic (exact) mass is 260 g/mol. The molecular weight excluding hydrogens is 240 g/mol. The molecule has 1 heterocycles. The second-order valence-electron chi connectivity index (χ2n) is 4.57. The Morgan fingerprint density at radius 3 is 2.89 bits per heavy atom. The third kappa shape index (κ3) is 3.35. The highest BCUT2D eigenvalue weighted by atomic mass is 16.5. The van der Waals surface area contributed by atoms with Crippen LogP contribution in [0.3, 0.4) is 0 Å². The Bertz CT molecular complexity index is 515. The summed E-state index contributed by atoms with van der Waals surface area (Å²) >= 11 is 0. The number of nitrogens with one attached hydrogen (secondary N) is 2. The maximum Gasteiger partial charge on any atom is 0.322 e. The summed E-state index contributed by atoms with van der Waals surface area (Å²) in [6, 6.07) is 10.1. The standard InChI is InChI=1S/C15H20N2O2/c1-3-13(15(18)19-2)16-9-8-12-10-11-6-4-5-7-14(11)17-12/h4-7,10,13,16-17H,3,8-9H2,1-2H3/t13-/m0/s1. The zero-order valence-corrected chi connectivity index (χ0v) is 11.4. The Morgan fingerprint density at radius 1 is 1.42 bits per heavy atom. The number of para-hydroxylation sites is 1. The second-order valence-corrected chi connectivity index (χ2v) is 4.57. The van der Waals surface area contributed by atoms with Crippen LogP contribution in [0.4, 0.5) is 0 Å². The first kappa shape index (κ1) is 13.6. The number of hydrogen-bond donors (Lipinski definition) is 2. The molecule has 2 aromatic rings. The molecule has 4 nitrogen and oxygen atoms in total. The van der Waals surface area contributed by atoms with E-state index in [0.29, 0.717) is 0 Å². The predicted molar refractivity (Wildman–Crippen MR) is 76.1 cm³/mol. The van der Waals surface area contributed by atoms with Gasteiger partial charge in [0.2, 0.25) is 0 Å². The smallest absolute Gasteiger partial charge is 0.322 e. The van der Waals surface area contributed by atoms with E-state index >= 15 is 0 Å². The Morgan fingerprint density at radius 2 is 2.21 bits per heavy atom. The van der Waals surface area contributed by atoms with Gasteiger partial charge in [-0.2, -0.15) is 0 Å². The molecule has 0 saturated carbocycles. The van der Waals surface area contributed by atoms with Gasteiger partial charge in [0.05, 0.1) is 7.11 Å². The van der Waals surface area contributed by atoms with Crippen LogP contribution in [-0.4, -0.2) is 30.6 Å². The highest BCUT2D eigenvalue weighted by Crippen LogP contribution is 2.14. The normalized spacial score (nSPS) is 12.5. The first-order valence-electron chi connectivity index (χ1n) is 6.62. The second kappa shape index (κ2) is 6.38. The van der Waals surface area contributed by atoms with Gasteiger partial charge in [0.25, 0.3) is 0 Å². The van der Waals surface area contributed by atoms with Crippen molar-refractivity contribution in [3.05, 3.63) is 36.0 Å². The molecule has 0 spiro atoms. The van der Waals surface area contributed by atoms with Crippen LogP contribution in [0.15, 0.2) is 30.3 Å². The van der Waals surface area contributed by atoms with Crippen molar-refractivity contribution in [1.29, 1.82) is 0 Å². The molecule has 0 radical (unpaired) electrons. The molecule has 0 aliphatic carbocycles. The lowest BCUT2D eigenvalue weighted by Crippen LogP contribution is -2.38. The number of esters is 1. The number of carbonyl (C=O) groups excluding carboxylic acids is 1. The average molecular weight is 260 g/mol. The average Bonchev–Trinajstić information content (AvgIpc) is 2.85. The maximum atomic E-state index is 11.4. The minimum Gasteiger partial charge on any atom is -0.468 e. The number of aromatic amines is 1. The minimum atomic E-state index is -0.214. The summed E-state index contributed by atoms with van der Waals surface area (Å²) in [6.45, 7) is 2.72. The fourth-order valence-electron chi connectivity index (χ4n) is 2.19. The van der Waals surface area contributed by atoms with Crippen molar-refractivity contribution in [2.75, 3.05) is 13.7 Å². The third-order valence-electron chi connectivity index (χ3n) is 3.26. The number of hydrogen-bond acceptors (Lipinski definition) is 3. The van der Waals surface area contributed by atoms with Crippen molar-refractivity contribution in [3.8, 4) is 0 Å². The lowest BCUT2D eigenvalue weighted by atomic mass is 10.2. The van der Waals surface area contributed by atoms with Crippen molar-refractivity contribution in [2.24, 2.45) is 0 Å². The van der Waals surface area contributed by atoms with Crippen molar-refractivity contribution in [2.45, 2.75) is 25.8 Å². The van der Waals surface area contributed by atoms with Gasteiger partial charge in [-0.15, -0.1) is 0 Å². The molecular formula is C15H20N2O2. The van der Waals surface area contributed by atoms with E-state index in [4.69, 9.17) is 4.74 Å². The van der Waals surface area contributed by atoms with E-state index < -0.39 is 0 Å². The van der Waals surface area contributed by atoms with Gasteiger partial charge in [0.15, 0.2) is 0 Å². The van der Waals surface area contributed by atoms with Crippen molar-refractivity contribution in [3.63, 3.8) is 0 Å². The molecule has 1 aromatic carbocycles. The number of carbonyl (C=O) groups is 1. The van der Waals surface area contributed by atoms with Gasteiger partial charge in [0.1, 0.15) is 6.04 Å². The molecule has 0 aliphatic rings. The van der Waals surface area contributed by atoms with Crippen LogP contribution in [0.2, 0.25) is 0 Å². The molecule has 1 atom stereocenters. The van der Waals surface area contributed by atoms with Crippen LogP contribution >= 0.6 is 0 Å². The van der Waals surface area contributed by atoms with Crippen LogP contribution < -0.4 is 5.32 Å². The van der Waals surface area contributed by atoms with E-state index in [0.717, 1.165) is 24.9 Å². The zero-order chi connectivity index (χ0) is 13.7. The molecule has 102 valence electrons. The topological polar surface area (TPSA) is 54.1 Å². The molecule has 0 amide bonds. The number of methoxy groups -OCH3 is 1. The first-order valence-corrected chi connectivity index (χ1v) is 6.62. The van der Waals surface area contributed by atoms with Gasteiger partial charge >= 0.3 is 5.97 Å². The fraction of sp³-hybridized carbons (Fsp3) is 0.400. The van der Waals surface area contributed by atoms with Crippen molar-refractivity contribution in [1.82, 2.24) is 10.3 Å². The maximum absolute atomic E-state index is 11.4. The Balaban J connectivity index is 1.90. The number of benzene rings is 1. The molecule has 0 fully saturated rings. The molecule has 0 unspecified atom stereocenters. The fourth-order valence-corrected chi connectivity index (χ4v) is 2.19. The number of H-pyrrole nitrogens is 1. The zero-order valence-electron chi connectivity index (χ0n) is 11.4. The van der Waals surface area contributed by atoms with Crippen molar-refractivity contribution < 1.29 is 9.53 Å². The molecule has 2 N–H and O–H groups in total. The van der Waals surface area contributed by atoms with Crippen LogP contribution in [0, 0.1) is 0 Å². The predicted octanol–water partition coefficient (Wildman–Crippen LogP) is 2.25. The summed E-state index contributed by atoms with van der Waals surface area (Å²) in [5, 5.41) is 4.44. The van der Waals surface area contributed by atoms with Gasteiger partial charge in [0, 0.05) is 17.8 Å². The summed E-state index contributed by atoms with van der Waals surface area (Å²) in [7, 11) is 1.42. The van der Waals surface area contributed by atoms with E-state index in [-0.39, 0.29) is 12.0 Å². The van der Waals surface area contributed by atoms with Crippen LogP contribution in [0.25, 0.3) is 10.9 Å². The Hall–Kier alpha value is -1.81. The highest BCUT2D eigenvalue weighted by Gasteiger charge is 2.15. The summed E-state index contributed by atoms with van der Waals surface area (Å²) in [6.07, 6.45) is 1.60. The van der Waals surface area contributed by atoms with Crippen LogP contribution in [0.1, 0.15) is 19.0 Å². The van der Waals surface area contributed by atoms with E-state index in [1.54, 1.807) is 0 Å². The third-order valence-corrected chi connectivity index (χ3v) is 3.26. The van der Waals surface area contributed by atoms with Gasteiger partial charge in [-0.25, -0.2) is 0 Å². The first-order chi connectivity index (χ1) is 9.24. The van der Waals surface area contributed by atoms with Gasteiger partial charge in [-0.3, -0.25) is 4.79 Å². The van der Waals surface area contributed by atoms with E-state index in [9.17, 15) is 4.79 Å².